The number of hydrogen-bond donors (Lipinski definition) is 1. The van der Waals surface area contributed by atoms with E-state index >= 15 is 0 Å². The molecule has 1 aliphatic carbocycles. The molecule has 2 atom stereocenters. The van der Waals surface area contributed by atoms with E-state index in [1.807, 2.05) is 42.5 Å². The van der Waals surface area contributed by atoms with Gasteiger partial charge in [-0.15, -0.1) is 0 Å². The van der Waals surface area contributed by atoms with Crippen molar-refractivity contribution in [3.8, 4) is 11.5 Å². The van der Waals surface area contributed by atoms with Crippen molar-refractivity contribution in [2.24, 2.45) is 5.41 Å². The van der Waals surface area contributed by atoms with Crippen LogP contribution < -0.4 is 14.8 Å². The number of rotatable bonds is 10. The summed E-state index contributed by atoms with van der Waals surface area (Å²) >= 11 is 0. The third-order valence-corrected chi connectivity index (χ3v) is 6.13. The Hall–Kier alpha value is -2.77. The van der Waals surface area contributed by atoms with Gasteiger partial charge in [0.2, 0.25) is 0 Å². The summed E-state index contributed by atoms with van der Waals surface area (Å²) in [7, 11) is 3.23. The molecule has 34 heavy (non-hydrogen) atoms. The summed E-state index contributed by atoms with van der Waals surface area (Å²) < 4.78 is 56.5. The minimum absolute atomic E-state index is 0.0810. The van der Waals surface area contributed by atoms with Gasteiger partial charge in [-0.05, 0) is 61.2 Å². The summed E-state index contributed by atoms with van der Waals surface area (Å²) in [5.74, 6) is 1.42. The van der Waals surface area contributed by atoms with Crippen LogP contribution in [-0.2, 0) is 11.3 Å². The van der Waals surface area contributed by atoms with E-state index in [1.165, 1.54) is 13.0 Å². The Labute approximate surface area is 199 Å². The lowest BCUT2D eigenvalue weighted by Gasteiger charge is -2.30. The van der Waals surface area contributed by atoms with Gasteiger partial charge >= 0.3 is 6.18 Å². The molecular formula is C27H32F3NO3. The topological polar surface area (TPSA) is 39.7 Å². The second-order valence-electron chi connectivity index (χ2n) is 8.66. The number of nitrogens with one attached hydrogen (secondary N) is 1. The van der Waals surface area contributed by atoms with E-state index in [0.717, 1.165) is 28.0 Å². The Bertz CT molecular complexity index is 1030. The minimum Gasteiger partial charge on any atom is -0.497 e. The molecule has 4 nitrogen and oxygen atoms in total. The average Bonchev–Trinajstić information content (AvgIpc) is 2.83. The highest BCUT2D eigenvalue weighted by Crippen LogP contribution is 2.46. The van der Waals surface area contributed by atoms with Gasteiger partial charge in [-0.25, -0.2) is 0 Å². The predicted molar refractivity (Wildman–Crippen MR) is 128 cm³/mol. The molecule has 1 N–H and O–H groups in total. The number of hydrogen-bond acceptors (Lipinski definition) is 4. The quantitative estimate of drug-likeness (QED) is 0.399. The van der Waals surface area contributed by atoms with Crippen LogP contribution in [0.2, 0.25) is 0 Å². The summed E-state index contributed by atoms with van der Waals surface area (Å²) in [6.07, 6.45) is 0.0191. The molecule has 0 heterocycles. The van der Waals surface area contributed by atoms with Crippen molar-refractivity contribution < 1.29 is 27.4 Å². The van der Waals surface area contributed by atoms with Crippen molar-refractivity contribution in [3.63, 3.8) is 0 Å². The monoisotopic (exact) mass is 475 g/mol. The molecule has 2 aromatic carbocycles. The smallest absolute Gasteiger partial charge is 0.397 e. The summed E-state index contributed by atoms with van der Waals surface area (Å²) in [6, 6.07) is 13.8. The lowest BCUT2D eigenvalue weighted by Crippen LogP contribution is -2.33. The van der Waals surface area contributed by atoms with Crippen molar-refractivity contribution in [1.29, 1.82) is 0 Å². The lowest BCUT2D eigenvalue weighted by molar-refractivity contribution is -0.199. The zero-order chi connectivity index (χ0) is 24.8. The number of alkyl halides is 3. The highest BCUT2D eigenvalue weighted by atomic mass is 19.4. The summed E-state index contributed by atoms with van der Waals surface area (Å²) in [6.45, 7) is 4.64. The molecule has 2 aromatic rings. The first-order valence-corrected chi connectivity index (χ1v) is 11.3. The Morgan fingerprint density at radius 1 is 1.09 bits per heavy atom. The molecule has 0 aromatic heterocycles. The predicted octanol–water partition coefficient (Wildman–Crippen LogP) is 6.48. The average molecular weight is 476 g/mol. The standard InChI is InChI=1S/C27H32F3NO3/c1-19(22-6-5-7-23(17-22)33-4)31-18-20-8-9-25(34-15-14-32-3)24(16-20)21-10-12-26(2,13-11-21)27(28,29)30/h5-12,16-17,19,31H,13-15,18H2,1-4H3/t19-,26?/m1/s1. The van der Waals surface area contributed by atoms with Gasteiger partial charge in [-0.1, -0.05) is 36.4 Å². The van der Waals surface area contributed by atoms with Crippen LogP contribution in [-0.4, -0.2) is 33.6 Å². The first-order valence-electron chi connectivity index (χ1n) is 11.3. The lowest BCUT2D eigenvalue weighted by atomic mass is 9.80. The fourth-order valence-electron chi connectivity index (χ4n) is 3.71. The number of halogens is 3. The Kier molecular flexibility index (Phi) is 8.44. The third-order valence-electron chi connectivity index (χ3n) is 6.13. The van der Waals surface area contributed by atoms with Gasteiger partial charge in [0.05, 0.1) is 19.1 Å². The van der Waals surface area contributed by atoms with E-state index < -0.39 is 11.6 Å². The molecule has 1 aliphatic rings. The second-order valence-corrected chi connectivity index (χ2v) is 8.66. The zero-order valence-corrected chi connectivity index (χ0v) is 20.0. The van der Waals surface area contributed by atoms with Crippen molar-refractivity contribution in [3.05, 3.63) is 77.4 Å². The Morgan fingerprint density at radius 2 is 1.88 bits per heavy atom. The molecule has 0 saturated carbocycles. The molecule has 3 rings (SSSR count). The summed E-state index contributed by atoms with van der Waals surface area (Å²) in [5.41, 5.74) is 1.73. The van der Waals surface area contributed by atoms with Crippen LogP contribution in [0.3, 0.4) is 0 Å². The summed E-state index contributed by atoms with van der Waals surface area (Å²) in [4.78, 5) is 0. The second kappa shape index (κ2) is 11.1. The fourth-order valence-corrected chi connectivity index (χ4v) is 3.71. The third kappa shape index (κ3) is 6.21. The maximum absolute atomic E-state index is 13.4. The van der Waals surface area contributed by atoms with Gasteiger partial charge in [0, 0.05) is 25.3 Å². The Balaban J connectivity index is 1.80. The van der Waals surface area contributed by atoms with Crippen molar-refractivity contribution in [1.82, 2.24) is 5.32 Å². The number of ether oxygens (including phenoxy) is 3. The molecule has 0 saturated heterocycles. The number of methoxy groups -OCH3 is 2. The maximum atomic E-state index is 13.4. The van der Waals surface area contributed by atoms with Crippen LogP contribution in [0.1, 0.15) is 43.0 Å². The van der Waals surface area contributed by atoms with Gasteiger partial charge in [-0.2, -0.15) is 13.2 Å². The van der Waals surface area contributed by atoms with E-state index in [1.54, 1.807) is 26.4 Å². The van der Waals surface area contributed by atoms with E-state index in [0.29, 0.717) is 25.5 Å². The fraction of sp³-hybridized carbons (Fsp3) is 0.407. The first kappa shape index (κ1) is 25.8. The van der Waals surface area contributed by atoms with Gasteiger partial charge in [0.25, 0.3) is 0 Å². The van der Waals surface area contributed by atoms with Crippen LogP contribution in [0.15, 0.2) is 60.7 Å². The van der Waals surface area contributed by atoms with Crippen LogP contribution in [0.25, 0.3) is 5.57 Å². The molecule has 0 aliphatic heterocycles. The maximum Gasteiger partial charge on any atom is 0.397 e. The van der Waals surface area contributed by atoms with Crippen molar-refractivity contribution in [2.75, 3.05) is 27.4 Å². The van der Waals surface area contributed by atoms with Gasteiger partial charge in [0.1, 0.15) is 18.1 Å². The van der Waals surface area contributed by atoms with Gasteiger partial charge < -0.3 is 19.5 Å². The molecule has 0 amide bonds. The molecule has 0 fully saturated rings. The molecule has 0 spiro atoms. The first-order chi connectivity index (χ1) is 16.2. The molecule has 7 heteroatoms. The van der Waals surface area contributed by atoms with Crippen LogP contribution in [0.4, 0.5) is 13.2 Å². The van der Waals surface area contributed by atoms with Gasteiger partial charge in [-0.3, -0.25) is 0 Å². The SMILES string of the molecule is COCCOc1ccc(CN[C@H](C)c2cccc(OC)c2)cc1C1=CCC(C)(C(F)(F)F)C=C1. The number of benzene rings is 2. The molecule has 0 radical (unpaired) electrons. The molecular weight excluding hydrogens is 443 g/mol. The number of allylic oxidation sites excluding steroid dienone is 4. The summed E-state index contributed by atoms with van der Waals surface area (Å²) in [5, 5.41) is 3.50. The van der Waals surface area contributed by atoms with Crippen LogP contribution in [0.5, 0.6) is 11.5 Å². The normalized spacial score (nSPS) is 19.0. The van der Waals surface area contributed by atoms with Crippen molar-refractivity contribution >= 4 is 5.57 Å². The van der Waals surface area contributed by atoms with E-state index in [2.05, 4.69) is 12.2 Å². The molecule has 184 valence electrons. The minimum atomic E-state index is -4.30. The molecule has 1 unspecified atom stereocenters. The highest BCUT2D eigenvalue weighted by Gasteiger charge is 2.49. The van der Waals surface area contributed by atoms with Gasteiger partial charge in [0.15, 0.2) is 0 Å². The van der Waals surface area contributed by atoms with E-state index in [-0.39, 0.29) is 12.5 Å². The van der Waals surface area contributed by atoms with Crippen LogP contribution >= 0.6 is 0 Å². The Morgan fingerprint density at radius 3 is 2.53 bits per heavy atom. The zero-order valence-electron chi connectivity index (χ0n) is 20.0. The van der Waals surface area contributed by atoms with E-state index in [9.17, 15) is 13.2 Å². The van der Waals surface area contributed by atoms with Crippen molar-refractivity contribution in [2.45, 2.75) is 39.0 Å². The molecule has 0 bridgehead atoms. The largest absolute Gasteiger partial charge is 0.497 e. The van der Waals surface area contributed by atoms with Crippen LogP contribution in [0, 0.1) is 5.41 Å². The van der Waals surface area contributed by atoms with E-state index in [4.69, 9.17) is 14.2 Å². The highest BCUT2D eigenvalue weighted by molar-refractivity contribution is 5.79.